The molecule has 1 aromatic carbocycles. The molecule has 2 N–H and O–H groups in total. The topological polar surface area (TPSA) is 44.7 Å². The molecule has 0 aliphatic carbocycles. The van der Waals surface area contributed by atoms with Crippen molar-refractivity contribution >= 4 is 5.69 Å². The second kappa shape index (κ2) is 7.62. The molecular formula is C16H26N2O2. The summed E-state index contributed by atoms with van der Waals surface area (Å²) in [4.78, 5) is 2.23. The average molecular weight is 278 g/mol. The van der Waals surface area contributed by atoms with E-state index >= 15 is 0 Å². The van der Waals surface area contributed by atoms with Crippen LogP contribution in [0, 0.1) is 5.92 Å². The average Bonchev–Trinajstić information content (AvgIpc) is 2.47. The smallest absolute Gasteiger partial charge is 0.0755 e. The van der Waals surface area contributed by atoms with E-state index in [0.717, 1.165) is 26.2 Å². The van der Waals surface area contributed by atoms with Crippen LogP contribution < -0.4 is 10.2 Å². The van der Waals surface area contributed by atoms with E-state index in [4.69, 9.17) is 4.74 Å². The summed E-state index contributed by atoms with van der Waals surface area (Å²) in [5, 5.41) is 12.9. The fourth-order valence-corrected chi connectivity index (χ4v) is 2.46. The van der Waals surface area contributed by atoms with Gasteiger partial charge in [-0.2, -0.15) is 0 Å². The van der Waals surface area contributed by atoms with Crippen molar-refractivity contribution in [2.24, 2.45) is 5.92 Å². The van der Waals surface area contributed by atoms with E-state index in [9.17, 15) is 5.11 Å². The fraction of sp³-hybridized carbons (Fsp3) is 0.625. The highest BCUT2D eigenvalue weighted by Crippen LogP contribution is 2.20. The van der Waals surface area contributed by atoms with Gasteiger partial charge in [0.25, 0.3) is 0 Å². The summed E-state index contributed by atoms with van der Waals surface area (Å²) in [7, 11) is 0. The third kappa shape index (κ3) is 4.20. The van der Waals surface area contributed by atoms with E-state index in [-0.39, 0.29) is 12.6 Å². The zero-order valence-electron chi connectivity index (χ0n) is 12.5. The number of benzene rings is 1. The van der Waals surface area contributed by atoms with Crippen LogP contribution in [0.25, 0.3) is 0 Å². The van der Waals surface area contributed by atoms with Crippen molar-refractivity contribution in [3.05, 3.63) is 29.8 Å². The maximum absolute atomic E-state index is 9.41. The Balaban J connectivity index is 1.93. The van der Waals surface area contributed by atoms with E-state index < -0.39 is 0 Å². The van der Waals surface area contributed by atoms with Crippen LogP contribution in [0.2, 0.25) is 0 Å². The third-order valence-corrected chi connectivity index (χ3v) is 3.59. The molecule has 1 unspecified atom stereocenters. The first-order valence-corrected chi connectivity index (χ1v) is 7.45. The highest BCUT2D eigenvalue weighted by atomic mass is 16.5. The Morgan fingerprint density at radius 1 is 1.35 bits per heavy atom. The summed E-state index contributed by atoms with van der Waals surface area (Å²) >= 11 is 0. The summed E-state index contributed by atoms with van der Waals surface area (Å²) in [6.07, 6.45) is 0. The third-order valence-electron chi connectivity index (χ3n) is 3.59. The lowest BCUT2D eigenvalue weighted by Gasteiger charge is -2.36. The second-order valence-electron chi connectivity index (χ2n) is 5.80. The maximum atomic E-state index is 9.41. The minimum Gasteiger partial charge on any atom is -0.394 e. The van der Waals surface area contributed by atoms with Crippen molar-refractivity contribution in [1.29, 1.82) is 0 Å². The lowest BCUT2D eigenvalue weighted by atomic mass is 10.1. The van der Waals surface area contributed by atoms with Crippen LogP contribution in [-0.4, -0.2) is 44.1 Å². The number of hydrogen-bond donors (Lipinski definition) is 2. The lowest BCUT2D eigenvalue weighted by molar-refractivity contribution is 0.0727. The quantitative estimate of drug-likeness (QED) is 0.830. The van der Waals surface area contributed by atoms with Crippen molar-refractivity contribution in [3.63, 3.8) is 0 Å². The SMILES string of the molecule is CC(C)CNCc1ccc(N2CCOCC2CO)cc1. The molecular weight excluding hydrogens is 252 g/mol. The molecule has 4 nitrogen and oxygen atoms in total. The largest absolute Gasteiger partial charge is 0.394 e. The van der Waals surface area contributed by atoms with E-state index in [1.54, 1.807) is 0 Å². The van der Waals surface area contributed by atoms with Crippen molar-refractivity contribution < 1.29 is 9.84 Å². The standard InChI is InChI=1S/C16H26N2O2/c1-13(2)9-17-10-14-3-5-15(6-4-14)18-7-8-20-12-16(18)11-19/h3-6,13,16-17,19H,7-12H2,1-2H3. The second-order valence-corrected chi connectivity index (χ2v) is 5.80. The summed E-state index contributed by atoms with van der Waals surface area (Å²) in [5.74, 6) is 0.674. The van der Waals surface area contributed by atoms with Crippen LogP contribution in [0.1, 0.15) is 19.4 Å². The molecule has 0 radical (unpaired) electrons. The van der Waals surface area contributed by atoms with Crippen LogP contribution in [0.15, 0.2) is 24.3 Å². The molecule has 1 aliphatic rings. The monoisotopic (exact) mass is 278 g/mol. The number of anilines is 1. The predicted octanol–water partition coefficient (Wildman–Crippen LogP) is 1.63. The number of nitrogens with one attached hydrogen (secondary N) is 1. The van der Waals surface area contributed by atoms with Crippen molar-refractivity contribution in [1.82, 2.24) is 5.32 Å². The molecule has 112 valence electrons. The summed E-state index contributed by atoms with van der Waals surface area (Å²) in [6.45, 7) is 8.69. The van der Waals surface area contributed by atoms with E-state index in [1.165, 1.54) is 11.3 Å². The molecule has 1 heterocycles. The normalized spacial score (nSPS) is 19.6. The van der Waals surface area contributed by atoms with Gasteiger partial charge in [0.05, 0.1) is 25.9 Å². The molecule has 1 aliphatic heterocycles. The van der Waals surface area contributed by atoms with E-state index in [1.807, 2.05) is 0 Å². The first-order valence-electron chi connectivity index (χ1n) is 7.45. The summed E-state index contributed by atoms with van der Waals surface area (Å²) < 4.78 is 5.41. The fourth-order valence-electron chi connectivity index (χ4n) is 2.46. The molecule has 0 bridgehead atoms. The van der Waals surface area contributed by atoms with Crippen molar-refractivity contribution in [2.75, 3.05) is 37.8 Å². The minimum absolute atomic E-state index is 0.0775. The molecule has 1 aromatic rings. The van der Waals surface area contributed by atoms with Crippen molar-refractivity contribution in [3.8, 4) is 0 Å². The van der Waals surface area contributed by atoms with Crippen LogP contribution >= 0.6 is 0 Å². The van der Waals surface area contributed by atoms with Gasteiger partial charge in [0.2, 0.25) is 0 Å². The van der Waals surface area contributed by atoms with Crippen molar-refractivity contribution in [2.45, 2.75) is 26.4 Å². The van der Waals surface area contributed by atoms with Crippen LogP contribution in [0.5, 0.6) is 0 Å². The van der Waals surface area contributed by atoms with Gasteiger partial charge in [-0.3, -0.25) is 0 Å². The molecule has 1 saturated heterocycles. The van der Waals surface area contributed by atoms with Gasteiger partial charge < -0.3 is 20.1 Å². The number of morpholine rings is 1. The predicted molar refractivity (Wildman–Crippen MR) is 82.0 cm³/mol. The molecule has 20 heavy (non-hydrogen) atoms. The minimum atomic E-state index is 0.0775. The van der Waals surface area contributed by atoms with Gasteiger partial charge in [-0.1, -0.05) is 26.0 Å². The van der Waals surface area contributed by atoms with E-state index in [0.29, 0.717) is 12.5 Å². The van der Waals surface area contributed by atoms with Gasteiger partial charge >= 0.3 is 0 Å². The molecule has 0 amide bonds. The Morgan fingerprint density at radius 2 is 2.10 bits per heavy atom. The molecule has 4 heteroatoms. The summed E-state index contributed by atoms with van der Waals surface area (Å²) in [6, 6.07) is 8.67. The Morgan fingerprint density at radius 3 is 2.75 bits per heavy atom. The molecule has 1 fully saturated rings. The Bertz CT molecular complexity index is 392. The number of aliphatic hydroxyl groups excluding tert-OH is 1. The van der Waals surface area contributed by atoms with Gasteiger partial charge in [0.1, 0.15) is 0 Å². The number of nitrogens with zero attached hydrogens (tertiary/aromatic N) is 1. The van der Waals surface area contributed by atoms with Crippen LogP contribution in [0.3, 0.4) is 0 Å². The molecule has 0 aromatic heterocycles. The van der Waals surface area contributed by atoms with Crippen LogP contribution in [0.4, 0.5) is 5.69 Å². The molecule has 0 saturated carbocycles. The number of rotatable bonds is 6. The zero-order valence-corrected chi connectivity index (χ0v) is 12.5. The van der Waals surface area contributed by atoms with Gasteiger partial charge in [-0.25, -0.2) is 0 Å². The molecule has 2 rings (SSSR count). The van der Waals surface area contributed by atoms with E-state index in [2.05, 4.69) is 48.3 Å². The summed E-state index contributed by atoms with van der Waals surface area (Å²) in [5.41, 5.74) is 2.46. The Hall–Kier alpha value is -1.10. The highest BCUT2D eigenvalue weighted by molar-refractivity contribution is 5.49. The lowest BCUT2D eigenvalue weighted by Crippen LogP contribution is -2.47. The maximum Gasteiger partial charge on any atom is 0.0755 e. The Labute approximate surface area is 121 Å². The Kier molecular flexibility index (Phi) is 5.83. The highest BCUT2D eigenvalue weighted by Gasteiger charge is 2.22. The van der Waals surface area contributed by atoms with Gasteiger partial charge in [0.15, 0.2) is 0 Å². The zero-order chi connectivity index (χ0) is 14.4. The number of hydrogen-bond acceptors (Lipinski definition) is 4. The molecule has 0 spiro atoms. The first-order chi connectivity index (χ1) is 9.70. The number of ether oxygens (including phenoxy) is 1. The van der Waals surface area contributed by atoms with Crippen LogP contribution in [-0.2, 0) is 11.3 Å². The van der Waals surface area contributed by atoms with Gasteiger partial charge in [-0.15, -0.1) is 0 Å². The van der Waals surface area contributed by atoms with Gasteiger partial charge in [0, 0.05) is 18.8 Å². The first kappa shape index (κ1) is 15.3. The number of aliphatic hydroxyl groups is 1. The molecule has 1 atom stereocenters. The van der Waals surface area contributed by atoms with Gasteiger partial charge in [-0.05, 0) is 30.2 Å².